The molecule has 0 radical (unpaired) electrons. The van der Waals surface area contributed by atoms with E-state index in [0.717, 1.165) is 16.9 Å². The van der Waals surface area contributed by atoms with E-state index in [1.54, 1.807) is 17.0 Å². The van der Waals surface area contributed by atoms with Crippen LogP contribution >= 0.6 is 11.3 Å². The van der Waals surface area contributed by atoms with E-state index >= 15 is 0 Å². The second kappa shape index (κ2) is 11.0. The zero-order valence-electron chi connectivity index (χ0n) is 19.9. The molecule has 2 aliphatic heterocycles. The number of morpholine rings is 1. The highest BCUT2D eigenvalue weighted by atomic mass is 32.1. The summed E-state index contributed by atoms with van der Waals surface area (Å²) in [5.41, 5.74) is 2.44. The normalized spacial score (nSPS) is 17.2. The Kier molecular flexibility index (Phi) is 7.38. The van der Waals surface area contributed by atoms with Crippen LogP contribution in [-0.4, -0.2) is 61.0 Å². The number of rotatable bonds is 5. The molecule has 196 valence electrons. The van der Waals surface area contributed by atoms with Crippen LogP contribution in [0.2, 0.25) is 0 Å². The van der Waals surface area contributed by atoms with Gasteiger partial charge in [-0.3, -0.25) is 15.6 Å². The number of alkyl halides is 2. The fourth-order valence-electron chi connectivity index (χ4n) is 4.04. The number of hydrogen-bond acceptors (Lipinski definition) is 9. The van der Waals surface area contributed by atoms with Gasteiger partial charge in [-0.05, 0) is 6.07 Å². The third-order valence-corrected chi connectivity index (χ3v) is 6.92. The van der Waals surface area contributed by atoms with Crippen LogP contribution in [0.4, 0.5) is 19.5 Å². The lowest BCUT2D eigenvalue weighted by molar-refractivity contribution is -0.117. The minimum atomic E-state index is -2.82. The number of ether oxygens (including phenoxy) is 2. The summed E-state index contributed by atoms with van der Waals surface area (Å²) in [5.74, 6) is -1.14. The number of aromatic nitrogens is 1. The van der Waals surface area contributed by atoms with Crippen molar-refractivity contribution in [2.75, 3.05) is 36.5 Å². The Bertz CT molecular complexity index is 1390. The highest BCUT2D eigenvalue weighted by molar-refractivity contribution is 7.16. The first-order valence-corrected chi connectivity index (χ1v) is 12.5. The molecular formula is C25H23F2N7O3S. The maximum atomic E-state index is 13.4. The molecule has 3 heterocycles. The van der Waals surface area contributed by atoms with E-state index in [1.807, 2.05) is 42.5 Å². The quantitative estimate of drug-likeness (QED) is 0.289. The van der Waals surface area contributed by atoms with Gasteiger partial charge in [0.05, 0.1) is 24.6 Å². The maximum Gasteiger partial charge on any atom is 0.290 e. The van der Waals surface area contributed by atoms with Crippen molar-refractivity contribution in [3.8, 4) is 0 Å². The Balaban J connectivity index is 1.38. The van der Waals surface area contributed by atoms with Gasteiger partial charge in [-0.2, -0.15) is 0 Å². The lowest BCUT2D eigenvalue weighted by Gasteiger charge is -2.27. The highest BCUT2D eigenvalue weighted by Crippen LogP contribution is 2.35. The summed E-state index contributed by atoms with van der Waals surface area (Å²) >= 11 is 0.771. The van der Waals surface area contributed by atoms with E-state index < -0.39 is 35.4 Å². The number of benzodiazepines with no additional fused rings is 1. The Morgan fingerprint density at radius 1 is 1.13 bits per heavy atom. The van der Waals surface area contributed by atoms with Crippen molar-refractivity contribution >= 4 is 45.6 Å². The summed E-state index contributed by atoms with van der Waals surface area (Å²) in [4.78, 5) is 23.3. The number of benzene rings is 2. The predicted octanol–water partition coefficient (Wildman–Crippen LogP) is 3.60. The van der Waals surface area contributed by atoms with Gasteiger partial charge in [-0.15, -0.1) is 0 Å². The molecule has 3 aromatic rings. The number of hydrogen-bond donors (Lipinski definition) is 4. The monoisotopic (exact) mass is 539 g/mol. The lowest BCUT2D eigenvalue weighted by atomic mass is 10.0. The van der Waals surface area contributed by atoms with Gasteiger partial charge in [0.15, 0.2) is 10.7 Å². The van der Waals surface area contributed by atoms with Crippen molar-refractivity contribution in [3.63, 3.8) is 0 Å². The Morgan fingerprint density at radius 2 is 1.84 bits per heavy atom. The number of aliphatic imine (C=N–C) groups is 1. The smallest absolute Gasteiger partial charge is 0.290 e. The van der Waals surface area contributed by atoms with Crippen molar-refractivity contribution in [2.45, 2.75) is 12.6 Å². The summed E-state index contributed by atoms with van der Waals surface area (Å²) in [7, 11) is 0. The summed E-state index contributed by atoms with van der Waals surface area (Å²) < 4.78 is 37.5. The van der Waals surface area contributed by atoms with Crippen LogP contribution in [0.15, 0.2) is 59.6 Å². The standard InChI is InChI=1S/C25H23F2N7O3S/c26-19(27)23-32-18(24(38-23)34-10-12-36-13-11-34)20(28)37-25(29)33-21-22(35)30-16-9-5-4-8-15(16)17(31-21)14-6-2-1-3-7-14/h1-9,19,21,28H,10-13H2,(H2,29,33)(H,30,35). The molecule has 13 heteroatoms. The number of carbonyl (C=O) groups excluding carboxylic acids is 1. The molecule has 10 nitrogen and oxygen atoms in total. The molecule has 0 aliphatic carbocycles. The summed E-state index contributed by atoms with van der Waals surface area (Å²) in [6, 6.07) is 15.8. The molecular weight excluding hydrogens is 516 g/mol. The number of para-hydroxylation sites is 1. The minimum absolute atomic E-state index is 0.107. The van der Waals surface area contributed by atoms with Gasteiger partial charge in [0, 0.05) is 24.2 Å². The van der Waals surface area contributed by atoms with E-state index in [-0.39, 0.29) is 5.69 Å². The molecule has 5 rings (SSSR count). The van der Waals surface area contributed by atoms with Crippen molar-refractivity contribution in [1.29, 1.82) is 10.8 Å². The molecule has 2 aliphatic rings. The molecule has 4 N–H and O–H groups in total. The van der Waals surface area contributed by atoms with Crippen LogP contribution < -0.4 is 15.5 Å². The van der Waals surface area contributed by atoms with E-state index in [4.69, 9.17) is 20.3 Å². The first-order valence-electron chi connectivity index (χ1n) is 11.7. The lowest BCUT2D eigenvalue weighted by Crippen LogP contribution is -2.43. The number of carbonyl (C=O) groups is 1. The molecule has 1 saturated heterocycles. The zero-order valence-corrected chi connectivity index (χ0v) is 20.7. The first-order chi connectivity index (χ1) is 18.4. The highest BCUT2D eigenvalue weighted by Gasteiger charge is 2.29. The van der Waals surface area contributed by atoms with E-state index in [2.05, 4.69) is 20.6 Å². The minimum Gasteiger partial charge on any atom is -0.405 e. The number of halogens is 2. The second-order valence-electron chi connectivity index (χ2n) is 8.29. The van der Waals surface area contributed by atoms with Crippen LogP contribution in [0.25, 0.3) is 0 Å². The molecule has 1 aromatic heterocycles. The zero-order chi connectivity index (χ0) is 26.6. The topological polar surface area (TPSA) is 136 Å². The molecule has 0 saturated carbocycles. The number of thiazole rings is 1. The third-order valence-electron chi connectivity index (χ3n) is 5.79. The Labute approximate surface area is 220 Å². The third kappa shape index (κ3) is 5.38. The number of nitrogens with zero attached hydrogens (tertiary/aromatic N) is 3. The fraction of sp³-hybridized carbons (Fsp3) is 0.240. The number of amidine groups is 1. The average molecular weight is 540 g/mol. The molecule has 2 aromatic carbocycles. The number of amides is 1. The van der Waals surface area contributed by atoms with Crippen molar-refractivity contribution in [1.82, 2.24) is 10.3 Å². The summed E-state index contributed by atoms with van der Waals surface area (Å²) in [6.07, 6.45) is -4.08. The number of anilines is 2. The molecule has 1 unspecified atom stereocenters. The van der Waals surface area contributed by atoms with Gasteiger partial charge in [0.2, 0.25) is 12.1 Å². The number of nitrogens with one attached hydrogen (secondary N) is 4. The van der Waals surface area contributed by atoms with Crippen molar-refractivity contribution in [3.05, 3.63) is 76.4 Å². The van der Waals surface area contributed by atoms with Crippen LogP contribution in [0, 0.1) is 10.8 Å². The van der Waals surface area contributed by atoms with Gasteiger partial charge in [0.1, 0.15) is 5.00 Å². The largest absolute Gasteiger partial charge is 0.405 e. The van der Waals surface area contributed by atoms with Crippen LogP contribution in [0.5, 0.6) is 0 Å². The number of fused-ring (bicyclic) bond motifs is 1. The van der Waals surface area contributed by atoms with Crippen LogP contribution in [0.3, 0.4) is 0 Å². The maximum absolute atomic E-state index is 13.4. The molecule has 1 amide bonds. The van der Waals surface area contributed by atoms with Gasteiger partial charge < -0.3 is 25.0 Å². The fourth-order valence-corrected chi connectivity index (χ4v) is 5.01. The average Bonchev–Trinajstić information content (AvgIpc) is 3.33. The van der Waals surface area contributed by atoms with E-state index in [0.29, 0.717) is 48.3 Å². The van der Waals surface area contributed by atoms with Gasteiger partial charge >= 0.3 is 0 Å². The van der Waals surface area contributed by atoms with E-state index in [9.17, 15) is 13.6 Å². The van der Waals surface area contributed by atoms with Crippen LogP contribution in [-0.2, 0) is 14.3 Å². The Morgan fingerprint density at radius 3 is 2.58 bits per heavy atom. The molecule has 0 spiro atoms. The van der Waals surface area contributed by atoms with E-state index in [1.165, 1.54) is 0 Å². The van der Waals surface area contributed by atoms with Crippen molar-refractivity contribution in [2.24, 2.45) is 4.99 Å². The SMILES string of the molecule is N=C(NC1N=C(c2ccccc2)c2ccccc2NC1=O)OC(=N)c1nc(C(F)F)sc1N1CCOCC1. The summed E-state index contributed by atoms with van der Waals surface area (Å²) in [6.45, 7) is 1.71. The first kappa shape index (κ1) is 25.4. The molecule has 38 heavy (non-hydrogen) atoms. The van der Waals surface area contributed by atoms with Crippen molar-refractivity contribution < 1.29 is 23.0 Å². The summed E-state index contributed by atoms with van der Waals surface area (Å²) in [5, 5.41) is 21.9. The predicted molar refractivity (Wildman–Crippen MR) is 140 cm³/mol. The molecule has 0 bridgehead atoms. The molecule has 1 fully saturated rings. The Hall–Kier alpha value is -4.23. The van der Waals surface area contributed by atoms with Gasteiger partial charge in [0.25, 0.3) is 18.4 Å². The van der Waals surface area contributed by atoms with Gasteiger partial charge in [-0.1, -0.05) is 59.9 Å². The molecule has 1 atom stereocenters. The van der Waals surface area contributed by atoms with Crippen LogP contribution in [0.1, 0.15) is 28.3 Å². The second-order valence-corrected chi connectivity index (χ2v) is 9.30. The van der Waals surface area contributed by atoms with Gasteiger partial charge in [-0.25, -0.2) is 18.8 Å².